The molecule has 2 aliphatic carbocycles. The molecule has 3 aliphatic rings. The van der Waals surface area contributed by atoms with Crippen molar-refractivity contribution in [2.45, 2.75) is 58.5 Å². The molecular weight excluding hydrogens is 314 g/mol. The molecule has 134 valence electrons. The molecule has 1 aliphatic heterocycles. The molecule has 1 aromatic heterocycles. The number of fused-ring (bicyclic) bond motifs is 1. The quantitative estimate of drug-likeness (QED) is 0.818. The molecule has 1 amide bonds. The second-order valence-electron chi connectivity index (χ2n) is 8.74. The van der Waals surface area contributed by atoms with Gasteiger partial charge in [-0.25, -0.2) is 14.8 Å². The molecule has 1 saturated carbocycles. The van der Waals surface area contributed by atoms with Crippen molar-refractivity contribution >= 4 is 11.7 Å². The molecule has 0 aromatic carbocycles. The molecule has 0 bridgehead atoms. The van der Waals surface area contributed by atoms with E-state index in [1.165, 1.54) is 24.1 Å². The van der Waals surface area contributed by atoms with Crippen LogP contribution in [0.1, 0.15) is 63.2 Å². The maximum atomic E-state index is 12.3. The first-order valence-electron chi connectivity index (χ1n) is 9.33. The zero-order valence-corrected chi connectivity index (χ0v) is 15.6. The number of hydrogen-bond acceptors (Lipinski definition) is 4. The van der Waals surface area contributed by atoms with E-state index in [-0.39, 0.29) is 6.09 Å². The summed E-state index contributed by atoms with van der Waals surface area (Å²) in [6.45, 7) is 9.29. The van der Waals surface area contributed by atoms with E-state index in [2.05, 4.69) is 24.1 Å². The van der Waals surface area contributed by atoms with Gasteiger partial charge in [0.1, 0.15) is 5.60 Å². The fourth-order valence-corrected chi connectivity index (χ4v) is 3.88. The zero-order valence-electron chi connectivity index (χ0n) is 15.6. The van der Waals surface area contributed by atoms with E-state index in [1.54, 1.807) is 0 Å². The number of likely N-dealkylation sites (tertiary alicyclic amines) is 1. The number of amides is 1. The van der Waals surface area contributed by atoms with Crippen LogP contribution in [0.15, 0.2) is 12.1 Å². The van der Waals surface area contributed by atoms with E-state index in [1.807, 2.05) is 25.7 Å². The van der Waals surface area contributed by atoms with Gasteiger partial charge >= 0.3 is 6.09 Å². The van der Waals surface area contributed by atoms with Gasteiger partial charge in [-0.3, -0.25) is 0 Å². The Labute approximate surface area is 149 Å². The molecule has 1 aromatic rings. The second-order valence-corrected chi connectivity index (χ2v) is 8.74. The molecule has 5 nitrogen and oxygen atoms in total. The van der Waals surface area contributed by atoms with Gasteiger partial charge in [0.25, 0.3) is 0 Å². The van der Waals surface area contributed by atoms with Crippen molar-refractivity contribution in [3.05, 3.63) is 29.4 Å². The number of nitrogens with zero attached hydrogens (tertiary/aromatic N) is 3. The largest absolute Gasteiger partial charge is 0.444 e. The van der Waals surface area contributed by atoms with Gasteiger partial charge in [-0.2, -0.15) is 0 Å². The van der Waals surface area contributed by atoms with Crippen molar-refractivity contribution in [1.82, 2.24) is 14.9 Å². The van der Waals surface area contributed by atoms with Gasteiger partial charge in [-0.05, 0) is 64.5 Å². The predicted molar refractivity (Wildman–Crippen MR) is 96.1 cm³/mol. The summed E-state index contributed by atoms with van der Waals surface area (Å²) < 4.78 is 5.50. The number of ether oxygens (including phenoxy) is 1. The monoisotopic (exact) mass is 341 g/mol. The maximum absolute atomic E-state index is 12.3. The molecule has 5 heteroatoms. The molecular formula is C20H27N3O2. The van der Waals surface area contributed by atoms with Crippen molar-refractivity contribution in [3.8, 4) is 0 Å². The zero-order chi connectivity index (χ0) is 17.8. The molecule has 25 heavy (non-hydrogen) atoms. The topological polar surface area (TPSA) is 55.3 Å². The smallest absolute Gasteiger partial charge is 0.410 e. The summed E-state index contributed by atoms with van der Waals surface area (Å²) in [6, 6.07) is 2.13. The molecule has 2 fully saturated rings. The van der Waals surface area contributed by atoms with Crippen LogP contribution in [0.25, 0.3) is 5.57 Å². The molecule has 2 unspecified atom stereocenters. The summed E-state index contributed by atoms with van der Waals surface area (Å²) in [4.78, 5) is 23.6. The minimum atomic E-state index is -0.440. The fourth-order valence-electron chi connectivity index (χ4n) is 3.88. The van der Waals surface area contributed by atoms with Crippen LogP contribution in [0, 0.1) is 18.8 Å². The fraction of sp³-hybridized carbons (Fsp3) is 0.650. The Hall–Kier alpha value is -1.91. The predicted octanol–water partition coefficient (Wildman–Crippen LogP) is 3.93. The third-order valence-electron chi connectivity index (χ3n) is 5.20. The third-order valence-corrected chi connectivity index (χ3v) is 5.20. The summed E-state index contributed by atoms with van der Waals surface area (Å²) in [5.41, 5.74) is 3.07. The van der Waals surface area contributed by atoms with Gasteiger partial charge in [0.15, 0.2) is 5.82 Å². The summed E-state index contributed by atoms with van der Waals surface area (Å²) in [6.07, 6.45) is 5.56. The first kappa shape index (κ1) is 16.6. The van der Waals surface area contributed by atoms with E-state index in [4.69, 9.17) is 9.72 Å². The minimum Gasteiger partial charge on any atom is -0.444 e. The highest BCUT2D eigenvalue weighted by molar-refractivity contribution is 5.70. The highest BCUT2D eigenvalue weighted by atomic mass is 16.6. The average Bonchev–Trinajstić information content (AvgIpc) is 3.15. The van der Waals surface area contributed by atoms with Crippen LogP contribution in [0.3, 0.4) is 0 Å². The van der Waals surface area contributed by atoms with Crippen LogP contribution in [-0.4, -0.2) is 39.7 Å². The van der Waals surface area contributed by atoms with Crippen LogP contribution < -0.4 is 0 Å². The van der Waals surface area contributed by atoms with E-state index < -0.39 is 5.60 Å². The normalized spacial score (nSPS) is 25.8. The van der Waals surface area contributed by atoms with Gasteiger partial charge < -0.3 is 9.64 Å². The number of hydrogen-bond donors (Lipinski definition) is 0. The maximum Gasteiger partial charge on any atom is 0.410 e. The molecule has 0 spiro atoms. The summed E-state index contributed by atoms with van der Waals surface area (Å²) in [5, 5.41) is 0. The lowest BCUT2D eigenvalue weighted by Crippen LogP contribution is -2.35. The number of rotatable bonds is 2. The number of carbonyl (C=O) groups excluding carboxylic acids is 1. The summed E-state index contributed by atoms with van der Waals surface area (Å²) >= 11 is 0. The van der Waals surface area contributed by atoms with Crippen LogP contribution in [-0.2, 0) is 4.74 Å². The van der Waals surface area contributed by atoms with E-state index in [0.29, 0.717) is 17.8 Å². The minimum absolute atomic E-state index is 0.195. The molecule has 0 N–H and O–H groups in total. The Morgan fingerprint density at radius 3 is 2.64 bits per heavy atom. The Kier molecular flexibility index (Phi) is 3.85. The highest BCUT2D eigenvalue weighted by Crippen LogP contribution is 2.42. The van der Waals surface area contributed by atoms with Crippen LogP contribution in [0.5, 0.6) is 0 Å². The Balaban J connectivity index is 1.47. The molecule has 2 heterocycles. The third kappa shape index (κ3) is 3.55. The van der Waals surface area contributed by atoms with Crippen LogP contribution in [0.4, 0.5) is 4.79 Å². The first-order valence-corrected chi connectivity index (χ1v) is 9.33. The van der Waals surface area contributed by atoms with Gasteiger partial charge in [0.2, 0.25) is 0 Å². The van der Waals surface area contributed by atoms with E-state index in [0.717, 1.165) is 31.0 Å². The van der Waals surface area contributed by atoms with Gasteiger partial charge in [0.05, 0.1) is 0 Å². The van der Waals surface area contributed by atoms with Crippen molar-refractivity contribution in [2.75, 3.05) is 13.1 Å². The van der Waals surface area contributed by atoms with Crippen LogP contribution in [0.2, 0.25) is 0 Å². The number of carbonyl (C=O) groups is 1. The van der Waals surface area contributed by atoms with E-state index >= 15 is 0 Å². The van der Waals surface area contributed by atoms with Crippen LogP contribution >= 0.6 is 0 Å². The van der Waals surface area contributed by atoms with Gasteiger partial charge in [0, 0.05) is 36.3 Å². The molecule has 2 atom stereocenters. The molecule has 1 saturated heterocycles. The Bertz CT molecular complexity index is 731. The van der Waals surface area contributed by atoms with Crippen molar-refractivity contribution < 1.29 is 9.53 Å². The molecule has 4 rings (SSSR count). The van der Waals surface area contributed by atoms with Crippen molar-refractivity contribution in [2.24, 2.45) is 11.8 Å². The lowest BCUT2D eigenvalue weighted by atomic mass is 10.00. The summed E-state index contributed by atoms with van der Waals surface area (Å²) in [5.74, 6) is 2.41. The molecule has 0 radical (unpaired) electrons. The Morgan fingerprint density at radius 2 is 2.00 bits per heavy atom. The number of allylic oxidation sites excluding steroid dienone is 1. The average molecular weight is 341 g/mol. The lowest BCUT2D eigenvalue weighted by molar-refractivity contribution is 0.0285. The van der Waals surface area contributed by atoms with Gasteiger partial charge in [-0.15, -0.1) is 0 Å². The number of aromatic nitrogens is 2. The number of aryl methyl sites for hydroxylation is 1. The first-order chi connectivity index (χ1) is 11.8. The standard InChI is InChI=1S/C20H27N3O2/c1-12-7-17(13-5-6-13)22-18(21-12)14-8-15-10-23(11-16(15)9-14)19(24)25-20(2,3)4/h7-8,13,15-16H,5-6,9-11H2,1-4H3. The summed E-state index contributed by atoms with van der Waals surface area (Å²) in [7, 11) is 0. The van der Waals surface area contributed by atoms with E-state index in [9.17, 15) is 4.79 Å². The second kappa shape index (κ2) is 5.82. The van der Waals surface area contributed by atoms with Gasteiger partial charge in [-0.1, -0.05) is 6.08 Å². The van der Waals surface area contributed by atoms with Crippen molar-refractivity contribution in [3.63, 3.8) is 0 Å². The van der Waals surface area contributed by atoms with Crippen molar-refractivity contribution in [1.29, 1.82) is 0 Å². The SMILES string of the molecule is Cc1cc(C2CC2)nc(C2=CC3CN(C(=O)OC(C)(C)C)CC3C2)n1. The highest BCUT2D eigenvalue weighted by Gasteiger charge is 2.40. The lowest BCUT2D eigenvalue weighted by Gasteiger charge is -2.24. The Morgan fingerprint density at radius 1 is 1.24 bits per heavy atom.